The number of methoxy groups -OCH3 is 2. The number of rotatable bonds is 7. The van der Waals surface area contributed by atoms with Gasteiger partial charge in [0.15, 0.2) is 0 Å². The molecule has 0 saturated carbocycles. The summed E-state index contributed by atoms with van der Waals surface area (Å²) in [6.07, 6.45) is 4.70. The quantitative estimate of drug-likeness (QED) is 0.849. The molecule has 0 fully saturated rings. The Bertz CT molecular complexity index is 536. The molecule has 1 aromatic carbocycles. The number of benzene rings is 1. The van der Waals surface area contributed by atoms with Crippen LogP contribution in [0, 0.1) is 0 Å². The van der Waals surface area contributed by atoms with Crippen molar-refractivity contribution in [2.75, 3.05) is 20.8 Å². The number of ether oxygens (including phenoxy) is 2. The van der Waals surface area contributed by atoms with Crippen LogP contribution in [0.5, 0.6) is 11.5 Å². The van der Waals surface area contributed by atoms with Gasteiger partial charge in [-0.1, -0.05) is 6.92 Å². The van der Waals surface area contributed by atoms with Crippen molar-refractivity contribution in [1.29, 1.82) is 0 Å². The Morgan fingerprint density at radius 1 is 1.00 bits per heavy atom. The van der Waals surface area contributed by atoms with E-state index < -0.39 is 0 Å². The lowest BCUT2D eigenvalue weighted by molar-refractivity contribution is 0.392. The molecule has 0 spiro atoms. The Balaban J connectivity index is 2.40. The van der Waals surface area contributed by atoms with Gasteiger partial charge in [0, 0.05) is 18.5 Å². The van der Waals surface area contributed by atoms with Crippen molar-refractivity contribution in [2.24, 2.45) is 0 Å². The molecule has 1 heterocycles. The first-order valence-corrected chi connectivity index (χ1v) is 7.14. The van der Waals surface area contributed by atoms with E-state index >= 15 is 0 Å². The Hall–Kier alpha value is -2.07. The Kier molecular flexibility index (Phi) is 5.58. The zero-order valence-electron chi connectivity index (χ0n) is 12.8. The molecule has 4 heteroatoms. The SMILES string of the molecule is CCCNC(c1ccncc1)c1cc(OC)cc(OC)c1. The third-order valence-corrected chi connectivity index (χ3v) is 3.35. The summed E-state index contributed by atoms with van der Waals surface area (Å²) in [4.78, 5) is 4.09. The highest BCUT2D eigenvalue weighted by molar-refractivity contribution is 5.42. The van der Waals surface area contributed by atoms with Gasteiger partial charge >= 0.3 is 0 Å². The number of nitrogens with zero attached hydrogens (tertiary/aromatic N) is 1. The molecule has 1 atom stereocenters. The van der Waals surface area contributed by atoms with E-state index in [1.807, 2.05) is 42.7 Å². The van der Waals surface area contributed by atoms with Gasteiger partial charge < -0.3 is 14.8 Å². The van der Waals surface area contributed by atoms with Gasteiger partial charge in [0.2, 0.25) is 0 Å². The van der Waals surface area contributed by atoms with Gasteiger partial charge in [0.05, 0.1) is 20.3 Å². The number of nitrogens with one attached hydrogen (secondary N) is 1. The lowest BCUT2D eigenvalue weighted by Gasteiger charge is -2.20. The van der Waals surface area contributed by atoms with Crippen LogP contribution in [0.3, 0.4) is 0 Å². The van der Waals surface area contributed by atoms with E-state index in [-0.39, 0.29) is 6.04 Å². The normalized spacial score (nSPS) is 12.0. The van der Waals surface area contributed by atoms with Crippen LogP contribution in [-0.4, -0.2) is 25.7 Å². The lowest BCUT2D eigenvalue weighted by Crippen LogP contribution is -2.23. The summed E-state index contributed by atoms with van der Waals surface area (Å²) in [5.41, 5.74) is 2.29. The minimum Gasteiger partial charge on any atom is -0.497 e. The molecule has 112 valence electrons. The van der Waals surface area contributed by atoms with Gasteiger partial charge in [-0.25, -0.2) is 0 Å². The van der Waals surface area contributed by atoms with Crippen LogP contribution in [0.25, 0.3) is 0 Å². The molecule has 4 nitrogen and oxygen atoms in total. The third kappa shape index (κ3) is 3.95. The maximum absolute atomic E-state index is 5.37. The Morgan fingerprint density at radius 3 is 2.14 bits per heavy atom. The molecule has 2 aromatic rings. The van der Waals surface area contributed by atoms with Crippen LogP contribution < -0.4 is 14.8 Å². The van der Waals surface area contributed by atoms with Crippen LogP contribution >= 0.6 is 0 Å². The van der Waals surface area contributed by atoms with Crippen molar-refractivity contribution < 1.29 is 9.47 Å². The van der Waals surface area contributed by atoms with E-state index in [0.717, 1.165) is 30.0 Å². The fourth-order valence-corrected chi connectivity index (χ4v) is 2.27. The first-order valence-electron chi connectivity index (χ1n) is 7.14. The standard InChI is InChI=1S/C17H22N2O2/c1-4-7-19-17(13-5-8-18-9-6-13)14-10-15(20-2)12-16(11-14)21-3/h5-6,8-12,17,19H,4,7H2,1-3H3. The topological polar surface area (TPSA) is 43.4 Å². The zero-order chi connectivity index (χ0) is 15.1. The van der Waals surface area contributed by atoms with E-state index in [4.69, 9.17) is 9.47 Å². The van der Waals surface area contributed by atoms with E-state index in [1.165, 1.54) is 5.56 Å². The Morgan fingerprint density at radius 2 is 1.62 bits per heavy atom. The minimum atomic E-state index is 0.0944. The van der Waals surface area contributed by atoms with Gasteiger partial charge in [-0.05, 0) is 48.4 Å². The summed E-state index contributed by atoms with van der Waals surface area (Å²) in [5.74, 6) is 1.59. The van der Waals surface area contributed by atoms with Gasteiger partial charge in [-0.2, -0.15) is 0 Å². The number of hydrogen-bond acceptors (Lipinski definition) is 4. The van der Waals surface area contributed by atoms with Crippen molar-refractivity contribution in [3.05, 3.63) is 53.9 Å². The zero-order valence-corrected chi connectivity index (χ0v) is 12.8. The molecule has 0 aliphatic heterocycles. The van der Waals surface area contributed by atoms with Crippen molar-refractivity contribution in [3.8, 4) is 11.5 Å². The van der Waals surface area contributed by atoms with Crippen LogP contribution in [0.2, 0.25) is 0 Å². The Labute approximate surface area is 126 Å². The maximum atomic E-state index is 5.37. The molecule has 0 amide bonds. The summed E-state index contributed by atoms with van der Waals surface area (Å²) in [6, 6.07) is 10.1. The van der Waals surface area contributed by atoms with Crippen molar-refractivity contribution in [1.82, 2.24) is 10.3 Å². The van der Waals surface area contributed by atoms with E-state index in [0.29, 0.717) is 0 Å². The summed E-state index contributed by atoms with van der Waals surface area (Å²) in [7, 11) is 3.33. The fourth-order valence-electron chi connectivity index (χ4n) is 2.27. The molecular formula is C17H22N2O2. The molecular weight excluding hydrogens is 264 g/mol. The summed E-state index contributed by atoms with van der Waals surface area (Å²) >= 11 is 0. The lowest BCUT2D eigenvalue weighted by atomic mass is 9.99. The molecule has 1 aromatic heterocycles. The fraction of sp³-hybridized carbons (Fsp3) is 0.353. The van der Waals surface area contributed by atoms with Crippen molar-refractivity contribution >= 4 is 0 Å². The first-order chi connectivity index (χ1) is 10.3. The second-order valence-electron chi connectivity index (χ2n) is 4.81. The van der Waals surface area contributed by atoms with Gasteiger partial charge in [-0.15, -0.1) is 0 Å². The largest absolute Gasteiger partial charge is 0.497 e. The second kappa shape index (κ2) is 7.64. The molecule has 0 radical (unpaired) electrons. The average molecular weight is 286 g/mol. The number of hydrogen-bond donors (Lipinski definition) is 1. The average Bonchev–Trinajstić information content (AvgIpc) is 2.55. The van der Waals surface area contributed by atoms with Crippen LogP contribution in [0.4, 0.5) is 0 Å². The monoisotopic (exact) mass is 286 g/mol. The van der Waals surface area contributed by atoms with Crippen LogP contribution in [-0.2, 0) is 0 Å². The second-order valence-corrected chi connectivity index (χ2v) is 4.81. The molecule has 1 N–H and O–H groups in total. The predicted molar refractivity (Wildman–Crippen MR) is 83.9 cm³/mol. The number of pyridine rings is 1. The highest BCUT2D eigenvalue weighted by Crippen LogP contribution is 2.29. The minimum absolute atomic E-state index is 0.0944. The molecule has 0 aliphatic carbocycles. The highest BCUT2D eigenvalue weighted by Gasteiger charge is 2.15. The smallest absolute Gasteiger partial charge is 0.122 e. The summed E-state index contributed by atoms with van der Waals surface area (Å²) < 4.78 is 10.7. The third-order valence-electron chi connectivity index (χ3n) is 3.35. The number of aromatic nitrogens is 1. The summed E-state index contributed by atoms with van der Waals surface area (Å²) in [5, 5.41) is 3.57. The highest BCUT2D eigenvalue weighted by atomic mass is 16.5. The van der Waals surface area contributed by atoms with Crippen molar-refractivity contribution in [2.45, 2.75) is 19.4 Å². The van der Waals surface area contributed by atoms with Crippen LogP contribution in [0.1, 0.15) is 30.5 Å². The van der Waals surface area contributed by atoms with E-state index in [9.17, 15) is 0 Å². The molecule has 0 bridgehead atoms. The summed E-state index contributed by atoms with van der Waals surface area (Å²) in [6.45, 7) is 3.09. The van der Waals surface area contributed by atoms with Crippen LogP contribution in [0.15, 0.2) is 42.7 Å². The predicted octanol–water partition coefficient (Wildman–Crippen LogP) is 3.19. The van der Waals surface area contributed by atoms with Gasteiger partial charge in [-0.3, -0.25) is 4.98 Å². The molecule has 0 saturated heterocycles. The molecule has 1 unspecified atom stereocenters. The molecule has 2 rings (SSSR count). The van der Waals surface area contributed by atoms with Gasteiger partial charge in [0.25, 0.3) is 0 Å². The van der Waals surface area contributed by atoms with E-state index in [2.05, 4.69) is 17.2 Å². The molecule has 21 heavy (non-hydrogen) atoms. The first kappa shape index (κ1) is 15.3. The van der Waals surface area contributed by atoms with E-state index in [1.54, 1.807) is 14.2 Å². The maximum Gasteiger partial charge on any atom is 0.122 e. The molecule has 0 aliphatic rings. The van der Waals surface area contributed by atoms with Gasteiger partial charge in [0.1, 0.15) is 11.5 Å². The van der Waals surface area contributed by atoms with Crippen molar-refractivity contribution in [3.63, 3.8) is 0 Å².